The maximum Gasteiger partial charge on any atom is 0.355 e. The summed E-state index contributed by atoms with van der Waals surface area (Å²) in [6, 6.07) is 1.10. The Balaban J connectivity index is 2.48. The third kappa shape index (κ3) is 5.38. The fourth-order valence-corrected chi connectivity index (χ4v) is 2.84. The average Bonchev–Trinajstić information content (AvgIpc) is 2.66. The number of pyridine rings is 1. The number of hydrogen-bond acceptors (Lipinski definition) is 7. The Bertz CT molecular complexity index is 967. The van der Waals surface area contributed by atoms with E-state index in [2.05, 4.69) is 36.0 Å². The maximum atomic E-state index is 13.0. The third-order valence-corrected chi connectivity index (χ3v) is 4.99. The molecule has 2 rings (SSSR count). The van der Waals surface area contributed by atoms with Gasteiger partial charge in [-0.15, -0.1) is 0 Å². The van der Waals surface area contributed by atoms with Crippen molar-refractivity contribution in [3.05, 3.63) is 54.1 Å². The first-order chi connectivity index (χ1) is 13.9. The number of azide groups is 2. The van der Waals surface area contributed by atoms with Gasteiger partial charge in [0.25, 0.3) is 5.56 Å². The first-order valence-electron chi connectivity index (χ1n) is 8.46. The van der Waals surface area contributed by atoms with Crippen LogP contribution >= 0.6 is 15.9 Å². The number of carbonyl (C=O) groups excluding carboxylic acids is 1. The molecule has 0 aliphatic heterocycles. The first kappa shape index (κ1) is 22.0. The van der Waals surface area contributed by atoms with E-state index in [1.54, 1.807) is 6.08 Å². The molecule has 1 aliphatic rings. The van der Waals surface area contributed by atoms with Crippen molar-refractivity contribution in [1.82, 2.24) is 4.57 Å². The van der Waals surface area contributed by atoms with E-state index >= 15 is 0 Å². The van der Waals surface area contributed by atoms with Gasteiger partial charge in [0, 0.05) is 22.1 Å². The molecular weight excluding hydrogens is 448 g/mol. The molecule has 2 N–H and O–H groups in total. The van der Waals surface area contributed by atoms with Crippen LogP contribution in [0.2, 0.25) is 0 Å². The van der Waals surface area contributed by atoms with Crippen LogP contribution in [0.1, 0.15) is 19.3 Å². The maximum absolute atomic E-state index is 13.0. The number of esters is 1. The Hall–Kier alpha value is -3.27. The summed E-state index contributed by atoms with van der Waals surface area (Å²) in [4.78, 5) is 30.5. The summed E-state index contributed by atoms with van der Waals surface area (Å²) in [5.74, 6) is -1.22. The molecular formula is C16H17BrN8O4. The van der Waals surface area contributed by atoms with E-state index in [1.807, 2.05) is 0 Å². The quantitative estimate of drug-likeness (QED) is 0.141. The van der Waals surface area contributed by atoms with Gasteiger partial charge in [0.2, 0.25) is 0 Å². The lowest BCUT2D eigenvalue weighted by molar-refractivity contribution is -0.145. The number of rotatable bonds is 9. The molecule has 0 unspecified atom stereocenters. The van der Waals surface area contributed by atoms with Crippen molar-refractivity contribution in [3.8, 4) is 5.75 Å². The van der Waals surface area contributed by atoms with Crippen LogP contribution in [0.15, 0.2) is 37.8 Å². The Morgan fingerprint density at radius 3 is 2.52 bits per heavy atom. The zero-order valence-corrected chi connectivity index (χ0v) is 16.7. The molecule has 152 valence electrons. The minimum Gasteiger partial charge on any atom is -0.505 e. The van der Waals surface area contributed by atoms with Crippen LogP contribution in [0.4, 0.5) is 0 Å². The summed E-state index contributed by atoms with van der Waals surface area (Å²) in [5.41, 5.74) is 14.6. The van der Waals surface area contributed by atoms with Crippen LogP contribution in [0.3, 0.4) is 0 Å². The van der Waals surface area contributed by atoms with Gasteiger partial charge in [-0.2, -0.15) is 0 Å². The summed E-state index contributed by atoms with van der Waals surface area (Å²) in [5, 5.41) is 24.2. The van der Waals surface area contributed by atoms with Gasteiger partial charge in [-0.25, -0.2) is 4.79 Å². The highest BCUT2D eigenvalue weighted by molar-refractivity contribution is 9.10. The molecule has 0 radical (unpaired) electrons. The van der Waals surface area contributed by atoms with Crippen LogP contribution in [0.5, 0.6) is 5.75 Å². The van der Waals surface area contributed by atoms with E-state index in [9.17, 15) is 14.7 Å². The second kappa shape index (κ2) is 9.78. The molecule has 0 saturated heterocycles. The molecule has 1 aromatic rings. The first-order valence-corrected chi connectivity index (χ1v) is 9.25. The van der Waals surface area contributed by atoms with Crippen LogP contribution in [0.25, 0.3) is 26.6 Å². The molecule has 13 heteroatoms. The summed E-state index contributed by atoms with van der Waals surface area (Å²) >= 11 is 3.04. The van der Waals surface area contributed by atoms with E-state index in [1.165, 1.54) is 0 Å². The molecule has 0 amide bonds. The zero-order valence-electron chi connectivity index (χ0n) is 15.1. The summed E-state index contributed by atoms with van der Waals surface area (Å²) < 4.78 is 6.47. The number of aromatic hydroxyl groups is 1. The molecule has 0 atom stereocenters. The highest BCUT2D eigenvalue weighted by Gasteiger charge is 2.34. The van der Waals surface area contributed by atoms with E-state index in [-0.39, 0.29) is 21.8 Å². The molecule has 1 saturated carbocycles. The number of carbonyl (C=O) groups is 1. The van der Waals surface area contributed by atoms with Crippen LogP contribution in [-0.2, 0) is 9.53 Å². The van der Waals surface area contributed by atoms with Crippen LogP contribution in [-0.4, -0.2) is 40.5 Å². The predicted octanol–water partition coefficient (Wildman–Crippen LogP) is 3.51. The lowest BCUT2D eigenvalue weighted by Gasteiger charge is -2.28. The van der Waals surface area contributed by atoms with Gasteiger partial charge in [-0.05, 0) is 51.8 Å². The molecule has 0 spiro atoms. The second-order valence-corrected chi connectivity index (χ2v) is 7.19. The summed E-state index contributed by atoms with van der Waals surface area (Å²) in [6.45, 7) is -0.954. The number of nitrogens with zero attached hydrogens (tertiary/aromatic N) is 7. The van der Waals surface area contributed by atoms with Crippen LogP contribution in [0, 0.1) is 11.3 Å². The van der Waals surface area contributed by atoms with Crippen molar-refractivity contribution in [2.75, 3.05) is 13.1 Å². The number of aromatic nitrogens is 1. The molecule has 1 aromatic heterocycles. The number of hydrogen-bond donors (Lipinski definition) is 2. The van der Waals surface area contributed by atoms with E-state index in [0.717, 1.165) is 36.1 Å². The van der Waals surface area contributed by atoms with E-state index in [4.69, 9.17) is 21.2 Å². The Labute approximate surface area is 172 Å². The highest BCUT2D eigenvalue weighted by Crippen LogP contribution is 2.31. The lowest BCUT2D eigenvalue weighted by Crippen LogP contribution is -2.43. The van der Waals surface area contributed by atoms with Gasteiger partial charge in [0.05, 0.1) is 23.8 Å². The molecule has 0 bridgehead atoms. The normalized spacial score (nSPS) is 15.8. The second-order valence-electron chi connectivity index (χ2n) is 6.33. The van der Waals surface area contributed by atoms with Crippen molar-refractivity contribution in [2.24, 2.45) is 16.1 Å². The standard InChI is InChI=1S/C16H17BrN8O4/c17-11-5-14(27)25(6-13(11)26)12(4-10-2-1-3-10)15(28)29-16(7-18,8-21-23-19)9-22-24-20/h4-7,10,18,26H,1-3,8-9H2/b12-4+,18-7?. The lowest BCUT2D eigenvalue weighted by atomic mass is 9.85. The van der Waals surface area contributed by atoms with Gasteiger partial charge in [0.1, 0.15) is 11.4 Å². The van der Waals surface area contributed by atoms with E-state index < -0.39 is 30.2 Å². The Morgan fingerprint density at radius 1 is 1.41 bits per heavy atom. The largest absolute Gasteiger partial charge is 0.505 e. The Kier molecular flexibility index (Phi) is 7.43. The number of ether oxygens (including phenoxy) is 1. The van der Waals surface area contributed by atoms with Gasteiger partial charge in [-0.3, -0.25) is 9.36 Å². The minimum atomic E-state index is -1.81. The topological polar surface area (TPSA) is 190 Å². The van der Waals surface area contributed by atoms with Crippen molar-refractivity contribution in [1.29, 1.82) is 5.41 Å². The van der Waals surface area contributed by atoms with Gasteiger partial charge in [0.15, 0.2) is 5.60 Å². The molecule has 1 fully saturated rings. The number of allylic oxidation sites excluding steroid dienone is 1. The van der Waals surface area contributed by atoms with Crippen molar-refractivity contribution >= 4 is 33.8 Å². The van der Waals surface area contributed by atoms with Crippen molar-refractivity contribution < 1.29 is 14.6 Å². The Morgan fingerprint density at radius 2 is 2.03 bits per heavy atom. The van der Waals surface area contributed by atoms with E-state index in [0.29, 0.717) is 6.21 Å². The highest BCUT2D eigenvalue weighted by atomic mass is 79.9. The van der Waals surface area contributed by atoms with Crippen LogP contribution < -0.4 is 5.56 Å². The monoisotopic (exact) mass is 464 g/mol. The number of halogens is 1. The number of nitrogens with one attached hydrogen (secondary N) is 1. The third-order valence-electron chi connectivity index (χ3n) is 4.36. The van der Waals surface area contributed by atoms with Gasteiger partial charge in [-0.1, -0.05) is 16.6 Å². The molecule has 0 aromatic carbocycles. The van der Waals surface area contributed by atoms with Gasteiger partial charge < -0.3 is 15.3 Å². The molecule has 29 heavy (non-hydrogen) atoms. The molecule has 1 heterocycles. The molecule has 1 aliphatic carbocycles. The summed E-state index contributed by atoms with van der Waals surface area (Å²) in [6.07, 6.45) is 5.96. The molecule has 12 nitrogen and oxygen atoms in total. The fraction of sp³-hybridized carbons (Fsp3) is 0.438. The smallest absolute Gasteiger partial charge is 0.355 e. The SMILES string of the molecule is [N-]=[N+]=NCC(C=N)(CN=[N+]=[N-])OC(=O)/C(=C\C1CCC1)n1cc(O)c(Br)cc1=O. The van der Waals surface area contributed by atoms with Crippen molar-refractivity contribution in [3.63, 3.8) is 0 Å². The van der Waals surface area contributed by atoms with Gasteiger partial charge >= 0.3 is 5.97 Å². The minimum absolute atomic E-state index is 0.0406. The summed E-state index contributed by atoms with van der Waals surface area (Å²) in [7, 11) is 0. The zero-order chi connectivity index (χ0) is 21.4. The predicted molar refractivity (Wildman–Crippen MR) is 107 cm³/mol. The average molecular weight is 465 g/mol. The fourth-order valence-electron chi connectivity index (χ4n) is 2.54. The van der Waals surface area contributed by atoms with Crippen molar-refractivity contribution in [2.45, 2.75) is 24.9 Å².